The van der Waals surface area contributed by atoms with E-state index in [-0.39, 0.29) is 23.4 Å². The van der Waals surface area contributed by atoms with Gasteiger partial charge in [0, 0.05) is 31.5 Å². The lowest BCUT2D eigenvalue weighted by Crippen LogP contribution is -2.28. The highest BCUT2D eigenvalue weighted by Gasteiger charge is 2.37. The van der Waals surface area contributed by atoms with Crippen LogP contribution in [0.3, 0.4) is 0 Å². The Morgan fingerprint density at radius 3 is 2.14 bits per heavy atom. The van der Waals surface area contributed by atoms with Crippen molar-refractivity contribution in [3.05, 3.63) is 64.1 Å². The van der Waals surface area contributed by atoms with Gasteiger partial charge in [-0.25, -0.2) is 4.98 Å². The molecule has 7 nitrogen and oxygen atoms in total. The fourth-order valence-electron chi connectivity index (χ4n) is 3.08. The molecule has 3 aromatic rings. The lowest BCUT2D eigenvalue weighted by atomic mass is 10.0. The molecule has 0 fully saturated rings. The van der Waals surface area contributed by atoms with Crippen molar-refractivity contribution in [1.82, 2.24) is 25.2 Å². The van der Waals surface area contributed by atoms with Crippen molar-refractivity contribution >= 4 is 23.2 Å². The van der Waals surface area contributed by atoms with Crippen molar-refractivity contribution in [1.29, 1.82) is 0 Å². The molecule has 0 aliphatic rings. The summed E-state index contributed by atoms with van der Waals surface area (Å²) >= 11 is 1.03. The SMILES string of the molecule is CCN(C)C(=O)c1cnc(-c2nccnc2[C@H](C)NC(=O)c2cc(C(F)(F)F)cc(C(F)(F)F)c2)s1. The first kappa shape index (κ1) is 27.0. The number of alkyl halides is 6. The normalized spacial score (nSPS) is 12.8. The third-order valence-electron chi connectivity index (χ3n) is 5.07. The van der Waals surface area contributed by atoms with Crippen LogP contribution in [0.2, 0.25) is 0 Å². The first-order valence-electron chi connectivity index (χ1n) is 10.3. The van der Waals surface area contributed by atoms with Gasteiger partial charge in [0.15, 0.2) is 0 Å². The van der Waals surface area contributed by atoms with E-state index in [2.05, 4.69) is 20.3 Å². The van der Waals surface area contributed by atoms with Gasteiger partial charge in [-0.05, 0) is 32.0 Å². The molecule has 1 aromatic carbocycles. The first-order valence-corrected chi connectivity index (χ1v) is 11.2. The van der Waals surface area contributed by atoms with Crippen molar-refractivity contribution in [3.63, 3.8) is 0 Å². The Bertz CT molecular complexity index is 1240. The van der Waals surface area contributed by atoms with Gasteiger partial charge >= 0.3 is 12.4 Å². The van der Waals surface area contributed by atoms with Crippen LogP contribution in [0.4, 0.5) is 26.3 Å². The van der Waals surface area contributed by atoms with Crippen LogP contribution in [0.5, 0.6) is 0 Å². The first-order chi connectivity index (χ1) is 16.7. The molecule has 3 rings (SSSR count). The number of hydrogen-bond acceptors (Lipinski definition) is 6. The summed E-state index contributed by atoms with van der Waals surface area (Å²) in [7, 11) is 1.62. The van der Waals surface area contributed by atoms with E-state index in [9.17, 15) is 35.9 Å². The van der Waals surface area contributed by atoms with Crippen molar-refractivity contribution in [3.8, 4) is 10.7 Å². The van der Waals surface area contributed by atoms with Crippen LogP contribution in [0.1, 0.15) is 56.7 Å². The van der Waals surface area contributed by atoms with E-state index in [1.165, 1.54) is 30.4 Å². The molecule has 2 heterocycles. The number of amides is 2. The summed E-state index contributed by atoms with van der Waals surface area (Å²) in [4.78, 5) is 39.4. The molecule has 1 N–H and O–H groups in total. The van der Waals surface area contributed by atoms with Crippen molar-refractivity contribution in [2.24, 2.45) is 0 Å². The molecular weight excluding hydrogens is 512 g/mol. The quantitative estimate of drug-likeness (QED) is 0.441. The maximum atomic E-state index is 13.1. The van der Waals surface area contributed by atoms with E-state index in [0.29, 0.717) is 28.6 Å². The molecule has 0 spiro atoms. The van der Waals surface area contributed by atoms with Gasteiger partial charge in [-0.1, -0.05) is 0 Å². The zero-order chi connectivity index (χ0) is 26.8. The highest BCUT2D eigenvalue weighted by Crippen LogP contribution is 2.36. The van der Waals surface area contributed by atoms with E-state index in [1.54, 1.807) is 14.0 Å². The molecule has 2 amide bonds. The molecule has 2 aromatic heterocycles. The standard InChI is InChI=1S/C22H19F6N5O2S/c1-4-33(3)20(35)15-10-31-19(36-15)17-16(29-5-6-30-17)11(2)32-18(34)12-7-13(21(23,24)25)9-14(8-12)22(26,27)28/h5-11H,4H2,1-3H3,(H,32,34)/t11-/m0/s1. The summed E-state index contributed by atoms with van der Waals surface area (Å²) in [5.74, 6) is -1.44. The summed E-state index contributed by atoms with van der Waals surface area (Å²) in [5.41, 5.74) is -3.67. The van der Waals surface area contributed by atoms with Gasteiger partial charge in [0.25, 0.3) is 11.8 Å². The van der Waals surface area contributed by atoms with Gasteiger partial charge in [0.05, 0.1) is 29.1 Å². The van der Waals surface area contributed by atoms with E-state index >= 15 is 0 Å². The number of nitrogens with one attached hydrogen (secondary N) is 1. The van der Waals surface area contributed by atoms with Crippen molar-refractivity contribution in [2.45, 2.75) is 32.2 Å². The number of aromatic nitrogens is 3. The van der Waals surface area contributed by atoms with Gasteiger partial charge in [0.2, 0.25) is 0 Å². The molecule has 0 radical (unpaired) electrons. The monoisotopic (exact) mass is 531 g/mol. The second kappa shape index (κ2) is 10.2. The predicted molar refractivity (Wildman–Crippen MR) is 118 cm³/mol. The van der Waals surface area contributed by atoms with Gasteiger partial charge in [-0.15, -0.1) is 11.3 Å². The Morgan fingerprint density at radius 2 is 1.58 bits per heavy atom. The summed E-state index contributed by atoms with van der Waals surface area (Å²) in [6, 6.07) is -0.347. The zero-order valence-corrected chi connectivity index (χ0v) is 19.8. The molecule has 1 atom stereocenters. The maximum Gasteiger partial charge on any atom is 0.416 e. The fourth-order valence-corrected chi connectivity index (χ4v) is 4.00. The van der Waals surface area contributed by atoms with Crippen LogP contribution < -0.4 is 5.32 Å². The van der Waals surface area contributed by atoms with Gasteiger partial charge in [-0.3, -0.25) is 19.6 Å². The van der Waals surface area contributed by atoms with Crippen LogP contribution in [-0.2, 0) is 12.4 Å². The largest absolute Gasteiger partial charge is 0.416 e. The summed E-state index contributed by atoms with van der Waals surface area (Å²) in [6.45, 7) is 3.71. The van der Waals surface area contributed by atoms with Gasteiger partial charge in [0.1, 0.15) is 15.6 Å². The van der Waals surface area contributed by atoms with E-state index in [4.69, 9.17) is 0 Å². The molecule has 0 bridgehead atoms. The summed E-state index contributed by atoms with van der Waals surface area (Å²) < 4.78 is 78.9. The van der Waals surface area contributed by atoms with Crippen molar-refractivity contribution < 1.29 is 35.9 Å². The number of rotatable bonds is 6. The Morgan fingerprint density at radius 1 is 1.00 bits per heavy atom. The van der Waals surface area contributed by atoms with E-state index < -0.39 is 41.0 Å². The number of thiazole rings is 1. The van der Waals surface area contributed by atoms with Crippen LogP contribution in [0.25, 0.3) is 10.7 Å². The van der Waals surface area contributed by atoms with E-state index in [0.717, 1.165) is 11.3 Å². The van der Waals surface area contributed by atoms with Gasteiger partial charge in [-0.2, -0.15) is 26.3 Å². The molecule has 36 heavy (non-hydrogen) atoms. The number of nitrogens with zero attached hydrogens (tertiary/aromatic N) is 4. The number of hydrogen-bond donors (Lipinski definition) is 1. The number of carbonyl (C=O) groups excluding carboxylic acids is 2. The van der Waals surface area contributed by atoms with Crippen LogP contribution in [-0.4, -0.2) is 45.3 Å². The summed E-state index contributed by atoms with van der Waals surface area (Å²) in [5, 5.41) is 2.66. The lowest BCUT2D eigenvalue weighted by Gasteiger charge is -2.17. The fraction of sp³-hybridized carbons (Fsp3) is 0.318. The van der Waals surface area contributed by atoms with Gasteiger partial charge < -0.3 is 10.2 Å². The number of benzene rings is 1. The Labute approximate surface area is 205 Å². The highest BCUT2D eigenvalue weighted by atomic mass is 32.1. The molecule has 192 valence electrons. The average molecular weight is 531 g/mol. The molecule has 0 aliphatic carbocycles. The highest BCUT2D eigenvalue weighted by molar-refractivity contribution is 7.16. The van der Waals surface area contributed by atoms with Crippen LogP contribution in [0, 0.1) is 0 Å². The second-order valence-corrected chi connectivity index (χ2v) is 8.66. The Balaban J connectivity index is 1.92. The molecule has 0 saturated heterocycles. The third-order valence-corrected chi connectivity index (χ3v) is 6.07. The lowest BCUT2D eigenvalue weighted by molar-refractivity contribution is -0.143. The molecular formula is C22H19F6N5O2S. The molecule has 14 heteroatoms. The third kappa shape index (κ3) is 5.98. The summed E-state index contributed by atoms with van der Waals surface area (Å²) in [6.07, 6.45) is -6.18. The minimum Gasteiger partial charge on any atom is -0.344 e. The molecule has 0 saturated carbocycles. The minimum atomic E-state index is -5.09. The molecule has 0 aliphatic heterocycles. The van der Waals surface area contributed by atoms with Crippen LogP contribution >= 0.6 is 11.3 Å². The Hall–Kier alpha value is -3.55. The second-order valence-electron chi connectivity index (χ2n) is 7.63. The smallest absolute Gasteiger partial charge is 0.344 e. The van der Waals surface area contributed by atoms with E-state index in [1.807, 2.05) is 0 Å². The maximum absolute atomic E-state index is 13.1. The number of halogens is 6. The number of carbonyl (C=O) groups is 2. The molecule has 0 unspecified atom stereocenters. The average Bonchev–Trinajstić information content (AvgIpc) is 3.31. The van der Waals surface area contributed by atoms with Crippen molar-refractivity contribution in [2.75, 3.05) is 13.6 Å². The topological polar surface area (TPSA) is 88.1 Å². The zero-order valence-electron chi connectivity index (χ0n) is 19.0. The predicted octanol–water partition coefficient (Wildman–Crippen LogP) is 5.22. The minimum absolute atomic E-state index is 0.0572. The van der Waals surface area contributed by atoms with Crippen LogP contribution in [0.15, 0.2) is 36.8 Å². The Kier molecular flexibility index (Phi) is 7.67.